The topological polar surface area (TPSA) is 70.1 Å². The lowest BCUT2D eigenvalue weighted by atomic mass is 9.91. The van der Waals surface area contributed by atoms with Crippen LogP contribution in [0.1, 0.15) is 31.9 Å². The van der Waals surface area contributed by atoms with E-state index in [0.717, 1.165) is 5.56 Å². The molecule has 0 saturated carbocycles. The van der Waals surface area contributed by atoms with Gasteiger partial charge in [-0.15, -0.1) is 0 Å². The van der Waals surface area contributed by atoms with Gasteiger partial charge in [0.05, 0.1) is 17.0 Å². The molecule has 0 aliphatic rings. The summed E-state index contributed by atoms with van der Waals surface area (Å²) in [4.78, 5) is 14.1. The van der Waals surface area contributed by atoms with E-state index < -0.39 is 5.41 Å². The lowest BCUT2D eigenvalue weighted by Gasteiger charge is -2.30. The van der Waals surface area contributed by atoms with Crippen LogP contribution >= 0.6 is 0 Å². The van der Waals surface area contributed by atoms with Gasteiger partial charge in [-0.2, -0.15) is 5.26 Å². The molecule has 0 fully saturated rings. The van der Waals surface area contributed by atoms with E-state index in [2.05, 4.69) is 6.07 Å². The van der Waals surface area contributed by atoms with Crippen LogP contribution in [-0.4, -0.2) is 23.9 Å². The number of nitrogens with zero attached hydrogens (tertiary/aromatic N) is 2. The minimum absolute atomic E-state index is 0.0187. The van der Waals surface area contributed by atoms with Gasteiger partial charge >= 0.3 is 0 Å². The van der Waals surface area contributed by atoms with Crippen LogP contribution in [0.15, 0.2) is 24.3 Å². The highest BCUT2D eigenvalue weighted by molar-refractivity contribution is 5.82. The van der Waals surface area contributed by atoms with Crippen LogP contribution in [0.2, 0.25) is 0 Å². The van der Waals surface area contributed by atoms with Crippen molar-refractivity contribution in [1.82, 2.24) is 4.90 Å². The van der Waals surface area contributed by atoms with Crippen molar-refractivity contribution in [2.24, 2.45) is 11.1 Å². The van der Waals surface area contributed by atoms with Gasteiger partial charge in [0.1, 0.15) is 0 Å². The summed E-state index contributed by atoms with van der Waals surface area (Å²) >= 11 is 0. The molecule has 102 valence electrons. The number of rotatable bonds is 5. The summed E-state index contributed by atoms with van der Waals surface area (Å²) in [6.45, 7) is 6.97. The van der Waals surface area contributed by atoms with E-state index in [9.17, 15) is 4.79 Å². The van der Waals surface area contributed by atoms with Gasteiger partial charge in [-0.05, 0) is 32.4 Å². The van der Waals surface area contributed by atoms with Gasteiger partial charge in [0, 0.05) is 19.6 Å². The molecule has 0 heterocycles. The average Bonchev–Trinajstić information content (AvgIpc) is 2.44. The SMILES string of the molecule is CCN(Cc1ccccc1C#N)C(=O)C(C)(C)CN. The fraction of sp³-hybridized carbons (Fsp3) is 0.467. The molecule has 0 saturated heterocycles. The molecule has 4 nitrogen and oxygen atoms in total. The van der Waals surface area contributed by atoms with Gasteiger partial charge in [-0.1, -0.05) is 18.2 Å². The highest BCUT2D eigenvalue weighted by Gasteiger charge is 2.30. The minimum atomic E-state index is -0.572. The van der Waals surface area contributed by atoms with E-state index in [1.165, 1.54) is 0 Å². The maximum absolute atomic E-state index is 12.4. The zero-order valence-corrected chi connectivity index (χ0v) is 11.8. The molecule has 0 aliphatic heterocycles. The summed E-state index contributed by atoms with van der Waals surface area (Å²) in [5.74, 6) is 0.0187. The molecule has 1 amide bonds. The summed E-state index contributed by atoms with van der Waals surface area (Å²) in [5, 5.41) is 9.08. The largest absolute Gasteiger partial charge is 0.338 e. The summed E-state index contributed by atoms with van der Waals surface area (Å²) in [6.07, 6.45) is 0. The maximum atomic E-state index is 12.4. The molecule has 19 heavy (non-hydrogen) atoms. The molecule has 0 aliphatic carbocycles. The summed E-state index contributed by atoms with van der Waals surface area (Å²) in [5.41, 5.74) is 6.56. The highest BCUT2D eigenvalue weighted by Crippen LogP contribution is 2.19. The second-order valence-corrected chi connectivity index (χ2v) is 5.18. The Bertz CT molecular complexity index is 488. The number of carbonyl (C=O) groups excluding carboxylic acids is 1. The Kier molecular flexibility index (Phi) is 5.08. The third-order valence-electron chi connectivity index (χ3n) is 3.26. The standard InChI is InChI=1S/C15H21N3O/c1-4-18(14(19)15(2,3)11-17)10-13-8-6-5-7-12(13)9-16/h5-8H,4,10-11,17H2,1-3H3. The van der Waals surface area contributed by atoms with Crippen molar-refractivity contribution in [3.8, 4) is 6.07 Å². The van der Waals surface area contributed by atoms with Gasteiger partial charge in [-0.3, -0.25) is 4.79 Å². The molecule has 0 unspecified atom stereocenters. The molecule has 4 heteroatoms. The number of amides is 1. The van der Waals surface area contributed by atoms with Gasteiger partial charge in [0.2, 0.25) is 5.91 Å². The van der Waals surface area contributed by atoms with Crippen LogP contribution in [0.4, 0.5) is 0 Å². The molecule has 0 bridgehead atoms. The second-order valence-electron chi connectivity index (χ2n) is 5.18. The van der Waals surface area contributed by atoms with Crippen molar-refractivity contribution in [1.29, 1.82) is 5.26 Å². The molecule has 1 aromatic carbocycles. The Morgan fingerprint density at radius 2 is 2.05 bits per heavy atom. The van der Waals surface area contributed by atoms with Crippen molar-refractivity contribution in [3.63, 3.8) is 0 Å². The third-order valence-corrected chi connectivity index (χ3v) is 3.26. The van der Waals surface area contributed by atoms with Crippen LogP contribution in [-0.2, 0) is 11.3 Å². The molecule has 2 N–H and O–H groups in total. The van der Waals surface area contributed by atoms with Crippen LogP contribution < -0.4 is 5.73 Å². The Hall–Kier alpha value is -1.86. The number of benzene rings is 1. The molecule has 0 spiro atoms. The predicted octanol–water partition coefficient (Wildman–Crippen LogP) is 1.89. The fourth-order valence-corrected chi connectivity index (χ4v) is 1.82. The first kappa shape index (κ1) is 15.2. The maximum Gasteiger partial charge on any atom is 0.229 e. The van der Waals surface area contributed by atoms with E-state index in [0.29, 0.717) is 25.2 Å². The van der Waals surface area contributed by atoms with Crippen molar-refractivity contribution >= 4 is 5.91 Å². The number of nitrogens with two attached hydrogens (primary N) is 1. The number of carbonyl (C=O) groups is 1. The Morgan fingerprint density at radius 3 is 2.58 bits per heavy atom. The summed E-state index contributed by atoms with van der Waals surface area (Å²) < 4.78 is 0. The Labute approximate surface area is 114 Å². The van der Waals surface area contributed by atoms with Crippen LogP contribution in [0.25, 0.3) is 0 Å². The zero-order chi connectivity index (χ0) is 14.5. The van der Waals surface area contributed by atoms with Crippen molar-refractivity contribution in [3.05, 3.63) is 35.4 Å². The first-order valence-corrected chi connectivity index (χ1v) is 6.43. The average molecular weight is 259 g/mol. The quantitative estimate of drug-likeness (QED) is 0.877. The Morgan fingerprint density at radius 1 is 1.42 bits per heavy atom. The molecular weight excluding hydrogens is 238 g/mol. The fourth-order valence-electron chi connectivity index (χ4n) is 1.82. The molecule has 1 rings (SSSR count). The van der Waals surface area contributed by atoms with Crippen molar-refractivity contribution in [2.75, 3.05) is 13.1 Å². The zero-order valence-electron chi connectivity index (χ0n) is 11.8. The lowest BCUT2D eigenvalue weighted by molar-refractivity contribution is -0.140. The van der Waals surface area contributed by atoms with Gasteiger partial charge in [0.25, 0.3) is 0 Å². The first-order chi connectivity index (χ1) is 8.96. The smallest absolute Gasteiger partial charge is 0.229 e. The summed E-state index contributed by atoms with van der Waals surface area (Å²) in [6, 6.07) is 9.50. The number of nitriles is 1. The number of hydrogen-bond acceptors (Lipinski definition) is 3. The van der Waals surface area contributed by atoms with E-state index in [-0.39, 0.29) is 5.91 Å². The second kappa shape index (κ2) is 6.35. The van der Waals surface area contributed by atoms with Crippen molar-refractivity contribution in [2.45, 2.75) is 27.3 Å². The molecular formula is C15H21N3O. The molecule has 0 aromatic heterocycles. The van der Waals surface area contributed by atoms with Gasteiger partial charge in [-0.25, -0.2) is 0 Å². The molecule has 0 atom stereocenters. The Balaban J connectivity index is 2.95. The highest BCUT2D eigenvalue weighted by atomic mass is 16.2. The molecule has 1 aromatic rings. The van der Waals surface area contributed by atoms with Gasteiger partial charge < -0.3 is 10.6 Å². The van der Waals surface area contributed by atoms with Crippen molar-refractivity contribution < 1.29 is 4.79 Å². The first-order valence-electron chi connectivity index (χ1n) is 6.43. The van der Waals surface area contributed by atoms with E-state index in [1.807, 2.05) is 39.0 Å². The van der Waals surface area contributed by atoms with Crippen LogP contribution in [0.3, 0.4) is 0 Å². The lowest BCUT2D eigenvalue weighted by Crippen LogP contribution is -2.44. The minimum Gasteiger partial charge on any atom is -0.338 e. The monoisotopic (exact) mass is 259 g/mol. The molecule has 0 radical (unpaired) electrons. The predicted molar refractivity (Wildman–Crippen MR) is 75.1 cm³/mol. The van der Waals surface area contributed by atoms with E-state index in [4.69, 9.17) is 11.0 Å². The summed E-state index contributed by atoms with van der Waals surface area (Å²) in [7, 11) is 0. The normalized spacial score (nSPS) is 10.9. The van der Waals surface area contributed by atoms with Gasteiger partial charge in [0.15, 0.2) is 0 Å². The third kappa shape index (κ3) is 3.55. The van der Waals surface area contributed by atoms with E-state index in [1.54, 1.807) is 11.0 Å². The number of hydrogen-bond donors (Lipinski definition) is 1. The van der Waals surface area contributed by atoms with Crippen LogP contribution in [0, 0.1) is 16.7 Å². The van der Waals surface area contributed by atoms with Crippen LogP contribution in [0.5, 0.6) is 0 Å². The van der Waals surface area contributed by atoms with E-state index >= 15 is 0 Å².